The summed E-state index contributed by atoms with van der Waals surface area (Å²) in [4.78, 5) is 1.30. The number of phenols is 1. The lowest BCUT2D eigenvalue weighted by atomic mass is 10.2. The number of halogens is 2. The minimum Gasteiger partial charge on any atom is -0.508 e. The molecular formula is C13H13BrFNOS. The van der Waals surface area contributed by atoms with Crippen molar-refractivity contribution in [1.29, 1.82) is 0 Å². The molecule has 0 amide bonds. The largest absolute Gasteiger partial charge is 0.508 e. The lowest BCUT2D eigenvalue weighted by Crippen LogP contribution is -2.16. The molecule has 2 aromatic rings. The van der Waals surface area contributed by atoms with Crippen LogP contribution in [0, 0.1) is 5.82 Å². The van der Waals surface area contributed by atoms with Crippen molar-refractivity contribution in [2.75, 3.05) is 6.54 Å². The number of nitrogens with one attached hydrogen (secondary N) is 1. The zero-order valence-electron chi connectivity index (χ0n) is 9.62. The zero-order valence-corrected chi connectivity index (χ0v) is 12.0. The van der Waals surface area contributed by atoms with Crippen molar-refractivity contribution in [3.05, 3.63) is 50.4 Å². The number of hydrogen-bond donors (Lipinski definition) is 2. The van der Waals surface area contributed by atoms with Gasteiger partial charge in [0.15, 0.2) is 0 Å². The maximum absolute atomic E-state index is 13.0. The first-order chi connectivity index (χ1) is 8.63. The van der Waals surface area contributed by atoms with Crippen LogP contribution in [0.15, 0.2) is 34.1 Å². The summed E-state index contributed by atoms with van der Waals surface area (Å²) in [5.41, 5.74) is 0.750. The van der Waals surface area contributed by atoms with Gasteiger partial charge in [-0.25, -0.2) is 4.39 Å². The number of benzene rings is 1. The highest BCUT2D eigenvalue weighted by Gasteiger charge is 2.00. The highest BCUT2D eigenvalue weighted by molar-refractivity contribution is 9.11. The molecule has 1 aromatic heterocycles. The van der Waals surface area contributed by atoms with Gasteiger partial charge >= 0.3 is 0 Å². The van der Waals surface area contributed by atoms with Crippen LogP contribution >= 0.6 is 27.3 Å². The Kier molecular flexibility index (Phi) is 4.74. The van der Waals surface area contributed by atoms with E-state index >= 15 is 0 Å². The molecule has 2 rings (SSSR count). The molecule has 0 atom stereocenters. The van der Waals surface area contributed by atoms with E-state index in [1.54, 1.807) is 17.4 Å². The molecule has 18 heavy (non-hydrogen) atoms. The number of aromatic hydroxyl groups is 1. The molecule has 0 aliphatic carbocycles. The van der Waals surface area contributed by atoms with E-state index in [0.717, 1.165) is 28.4 Å². The third-order valence-electron chi connectivity index (χ3n) is 2.45. The summed E-state index contributed by atoms with van der Waals surface area (Å²) in [6.07, 6.45) is 0.942. The van der Waals surface area contributed by atoms with E-state index in [-0.39, 0.29) is 5.75 Å². The van der Waals surface area contributed by atoms with Gasteiger partial charge in [-0.1, -0.05) is 0 Å². The smallest absolute Gasteiger partial charge is 0.127 e. The number of thiophene rings is 1. The van der Waals surface area contributed by atoms with Crippen LogP contribution in [-0.2, 0) is 13.0 Å². The molecule has 0 radical (unpaired) electrons. The molecule has 1 heterocycles. The third kappa shape index (κ3) is 4.08. The monoisotopic (exact) mass is 329 g/mol. The lowest BCUT2D eigenvalue weighted by molar-refractivity contribution is 0.467. The van der Waals surface area contributed by atoms with Crippen LogP contribution in [-0.4, -0.2) is 11.7 Å². The van der Waals surface area contributed by atoms with Crippen molar-refractivity contribution in [2.24, 2.45) is 0 Å². The van der Waals surface area contributed by atoms with E-state index in [1.807, 2.05) is 6.07 Å². The van der Waals surface area contributed by atoms with E-state index < -0.39 is 5.82 Å². The summed E-state index contributed by atoms with van der Waals surface area (Å²) in [6, 6.07) is 8.22. The number of phenolic OH excluding ortho intramolecular Hbond substituents is 1. The average Bonchev–Trinajstić information content (AvgIpc) is 2.69. The second-order valence-electron chi connectivity index (χ2n) is 3.95. The van der Waals surface area contributed by atoms with Crippen molar-refractivity contribution in [1.82, 2.24) is 5.32 Å². The third-order valence-corrected chi connectivity index (χ3v) is 4.13. The van der Waals surface area contributed by atoms with Gasteiger partial charge in [0, 0.05) is 24.0 Å². The molecule has 0 aliphatic rings. The van der Waals surface area contributed by atoms with Crippen LogP contribution in [0.1, 0.15) is 10.4 Å². The highest BCUT2D eigenvalue weighted by Crippen LogP contribution is 2.22. The second kappa shape index (κ2) is 6.31. The highest BCUT2D eigenvalue weighted by atomic mass is 79.9. The van der Waals surface area contributed by atoms with Gasteiger partial charge in [-0.3, -0.25) is 0 Å². The topological polar surface area (TPSA) is 32.3 Å². The fraction of sp³-hybridized carbons (Fsp3) is 0.231. The van der Waals surface area contributed by atoms with Crippen molar-refractivity contribution in [3.8, 4) is 5.75 Å². The molecule has 0 unspecified atom stereocenters. The van der Waals surface area contributed by atoms with Crippen LogP contribution in [0.5, 0.6) is 5.75 Å². The molecule has 2 N–H and O–H groups in total. The van der Waals surface area contributed by atoms with Gasteiger partial charge in [0.1, 0.15) is 11.6 Å². The van der Waals surface area contributed by atoms with Crippen LogP contribution in [0.25, 0.3) is 0 Å². The summed E-state index contributed by atoms with van der Waals surface area (Å²) in [5, 5.41) is 12.5. The predicted octanol–water partition coefficient (Wildman–Crippen LogP) is 3.69. The first kappa shape index (κ1) is 13.5. The van der Waals surface area contributed by atoms with Gasteiger partial charge in [0.25, 0.3) is 0 Å². The zero-order chi connectivity index (χ0) is 13.0. The van der Waals surface area contributed by atoms with Crippen LogP contribution in [0.4, 0.5) is 4.39 Å². The fourth-order valence-corrected chi connectivity index (χ4v) is 3.15. The summed E-state index contributed by atoms with van der Waals surface area (Å²) in [5.74, 6) is -0.442. The first-order valence-electron chi connectivity index (χ1n) is 5.57. The molecule has 0 bridgehead atoms. The minimum absolute atomic E-state index is 0.0333. The summed E-state index contributed by atoms with van der Waals surface area (Å²) in [6.45, 7) is 1.38. The molecule has 2 nitrogen and oxygen atoms in total. The quantitative estimate of drug-likeness (QED) is 0.820. The Bertz CT molecular complexity index is 509. The van der Waals surface area contributed by atoms with Gasteiger partial charge in [-0.15, -0.1) is 11.3 Å². The Morgan fingerprint density at radius 3 is 2.78 bits per heavy atom. The van der Waals surface area contributed by atoms with Crippen molar-refractivity contribution in [3.63, 3.8) is 0 Å². The summed E-state index contributed by atoms with van der Waals surface area (Å²) in [7, 11) is 0. The molecule has 5 heteroatoms. The SMILES string of the molecule is Oc1cc(F)cc(CNCCc2ccc(Br)s2)c1. The molecule has 0 spiro atoms. The van der Waals surface area contributed by atoms with E-state index in [1.165, 1.54) is 10.9 Å². The molecule has 96 valence electrons. The Morgan fingerprint density at radius 1 is 1.28 bits per heavy atom. The van der Waals surface area contributed by atoms with Crippen LogP contribution < -0.4 is 5.32 Å². The van der Waals surface area contributed by atoms with Gasteiger partial charge in [-0.05, 0) is 52.2 Å². The predicted molar refractivity (Wildman–Crippen MR) is 75.5 cm³/mol. The lowest BCUT2D eigenvalue weighted by Gasteiger charge is -2.05. The van der Waals surface area contributed by atoms with E-state index in [2.05, 4.69) is 27.3 Å². The number of hydrogen-bond acceptors (Lipinski definition) is 3. The van der Waals surface area contributed by atoms with Crippen LogP contribution in [0.2, 0.25) is 0 Å². The van der Waals surface area contributed by atoms with Crippen molar-refractivity contribution < 1.29 is 9.50 Å². The second-order valence-corrected chi connectivity index (χ2v) is 6.50. The Morgan fingerprint density at radius 2 is 2.11 bits per heavy atom. The van der Waals surface area contributed by atoms with E-state index in [4.69, 9.17) is 0 Å². The standard InChI is InChI=1S/C13H13BrFNOS/c14-13-2-1-12(18-13)3-4-16-8-9-5-10(15)7-11(17)6-9/h1-2,5-7,16-17H,3-4,8H2. The molecule has 0 saturated carbocycles. The molecule has 0 saturated heterocycles. The normalized spacial score (nSPS) is 10.8. The maximum atomic E-state index is 13.0. The van der Waals surface area contributed by atoms with Gasteiger partial charge in [0.05, 0.1) is 3.79 Å². The van der Waals surface area contributed by atoms with E-state index in [0.29, 0.717) is 6.54 Å². The number of rotatable bonds is 5. The minimum atomic E-state index is -0.408. The fourth-order valence-electron chi connectivity index (χ4n) is 1.67. The maximum Gasteiger partial charge on any atom is 0.127 e. The van der Waals surface area contributed by atoms with Gasteiger partial charge in [0.2, 0.25) is 0 Å². The molecular weight excluding hydrogens is 317 g/mol. The van der Waals surface area contributed by atoms with Crippen LogP contribution in [0.3, 0.4) is 0 Å². The van der Waals surface area contributed by atoms with Gasteiger partial charge in [-0.2, -0.15) is 0 Å². The molecule has 0 fully saturated rings. The Balaban J connectivity index is 1.78. The van der Waals surface area contributed by atoms with Crippen molar-refractivity contribution in [2.45, 2.75) is 13.0 Å². The molecule has 1 aromatic carbocycles. The van der Waals surface area contributed by atoms with Crippen molar-refractivity contribution >= 4 is 27.3 Å². The Labute approximate surface area is 118 Å². The van der Waals surface area contributed by atoms with Gasteiger partial charge < -0.3 is 10.4 Å². The molecule has 0 aliphatic heterocycles. The average molecular weight is 330 g/mol. The van der Waals surface area contributed by atoms with E-state index in [9.17, 15) is 9.50 Å². The summed E-state index contributed by atoms with van der Waals surface area (Å²) >= 11 is 5.14. The Hall–Kier alpha value is -0.910. The first-order valence-corrected chi connectivity index (χ1v) is 7.18. The summed E-state index contributed by atoms with van der Waals surface area (Å²) < 4.78 is 14.1.